The van der Waals surface area contributed by atoms with Crippen LogP contribution in [0.4, 0.5) is 5.69 Å². The largest absolute Gasteiger partial charge is 0.368 e. The number of rotatable bonds is 9. The van der Waals surface area contributed by atoms with Crippen LogP contribution in [0.2, 0.25) is 0 Å². The van der Waals surface area contributed by atoms with Gasteiger partial charge in [0.15, 0.2) is 0 Å². The minimum absolute atomic E-state index is 0.0468. The summed E-state index contributed by atoms with van der Waals surface area (Å²) < 4.78 is 1.35. The maximum Gasteiger partial charge on any atom is 0.242 e. The fourth-order valence-corrected chi connectivity index (χ4v) is 5.70. The SMILES string of the molecule is CC(=O)NCC(=O)N1CCC[C@@H]1C(=O)NCCCCN1CCN(c2cccc3sccc23)CC1. The topological polar surface area (TPSA) is 85.0 Å². The molecule has 2 saturated heterocycles. The third kappa shape index (κ3) is 6.07. The molecule has 2 fully saturated rings. The van der Waals surface area contributed by atoms with Crippen molar-refractivity contribution in [3.05, 3.63) is 29.6 Å². The summed E-state index contributed by atoms with van der Waals surface area (Å²) in [6, 6.07) is 8.37. The van der Waals surface area contributed by atoms with Crippen molar-refractivity contribution < 1.29 is 14.4 Å². The molecule has 3 amide bonds. The molecule has 0 radical (unpaired) electrons. The molecule has 8 nitrogen and oxygen atoms in total. The number of benzene rings is 1. The highest BCUT2D eigenvalue weighted by Crippen LogP contribution is 2.31. The lowest BCUT2D eigenvalue weighted by Gasteiger charge is -2.36. The quantitative estimate of drug-likeness (QED) is 0.531. The van der Waals surface area contributed by atoms with Crippen molar-refractivity contribution in [1.29, 1.82) is 0 Å². The molecular formula is C25H35N5O3S. The lowest BCUT2D eigenvalue weighted by molar-refractivity contribution is -0.138. The highest BCUT2D eigenvalue weighted by Gasteiger charge is 2.33. The van der Waals surface area contributed by atoms with Gasteiger partial charge >= 0.3 is 0 Å². The molecule has 0 spiro atoms. The minimum atomic E-state index is -0.415. The predicted molar refractivity (Wildman–Crippen MR) is 136 cm³/mol. The first-order chi connectivity index (χ1) is 16.5. The number of thiophene rings is 1. The van der Waals surface area contributed by atoms with Crippen LogP contribution in [-0.2, 0) is 14.4 Å². The van der Waals surface area contributed by atoms with Crippen LogP contribution in [0.3, 0.4) is 0 Å². The number of carbonyl (C=O) groups is 3. The summed E-state index contributed by atoms with van der Waals surface area (Å²) in [6.45, 7) is 7.76. The predicted octanol–water partition coefficient (Wildman–Crippen LogP) is 2.05. The van der Waals surface area contributed by atoms with Crippen molar-refractivity contribution >= 4 is 44.8 Å². The Bertz CT molecular complexity index is 1000. The number of nitrogens with zero attached hydrogens (tertiary/aromatic N) is 3. The van der Waals surface area contributed by atoms with E-state index >= 15 is 0 Å². The number of piperazine rings is 1. The van der Waals surface area contributed by atoms with E-state index in [0.29, 0.717) is 19.5 Å². The first-order valence-corrected chi connectivity index (χ1v) is 13.2. The smallest absolute Gasteiger partial charge is 0.242 e. The van der Waals surface area contributed by atoms with Crippen molar-refractivity contribution in [3.63, 3.8) is 0 Å². The van der Waals surface area contributed by atoms with E-state index in [9.17, 15) is 14.4 Å². The molecule has 1 aromatic carbocycles. The van der Waals surface area contributed by atoms with E-state index in [1.807, 2.05) is 0 Å². The van der Waals surface area contributed by atoms with Crippen molar-refractivity contribution in [2.45, 2.75) is 38.6 Å². The zero-order valence-electron chi connectivity index (χ0n) is 19.9. The van der Waals surface area contributed by atoms with Crippen LogP contribution in [-0.4, -0.2) is 85.9 Å². The Balaban J connectivity index is 1.12. The van der Waals surface area contributed by atoms with Crippen LogP contribution < -0.4 is 15.5 Å². The normalized spacial score (nSPS) is 18.9. The Morgan fingerprint density at radius 3 is 2.65 bits per heavy atom. The van der Waals surface area contributed by atoms with Gasteiger partial charge in [-0.3, -0.25) is 19.3 Å². The first kappa shape index (κ1) is 24.5. The molecule has 1 atom stereocenters. The average molecular weight is 486 g/mol. The van der Waals surface area contributed by atoms with Gasteiger partial charge in [-0.15, -0.1) is 11.3 Å². The Labute approximate surface area is 205 Å². The monoisotopic (exact) mass is 485 g/mol. The van der Waals surface area contributed by atoms with Crippen LogP contribution in [0.25, 0.3) is 10.1 Å². The molecule has 34 heavy (non-hydrogen) atoms. The van der Waals surface area contributed by atoms with Crippen LogP contribution >= 0.6 is 11.3 Å². The maximum atomic E-state index is 12.6. The summed E-state index contributed by atoms with van der Waals surface area (Å²) in [5.74, 6) is -0.512. The van der Waals surface area contributed by atoms with Crippen molar-refractivity contribution in [2.75, 3.05) is 57.3 Å². The molecule has 2 aliphatic rings. The number of likely N-dealkylation sites (tertiary alicyclic amines) is 1. The molecule has 184 valence electrons. The molecule has 0 saturated carbocycles. The summed E-state index contributed by atoms with van der Waals surface area (Å²) in [7, 11) is 0. The second-order valence-electron chi connectivity index (χ2n) is 9.09. The molecule has 9 heteroatoms. The second-order valence-corrected chi connectivity index (χ2v) is 10.0. The van der Waals surface area contributed by atoms with Gasteiger partial charge in [0, 0.05) is 62.0 Å². The van der Waals surface area contributed by atoms with Crippen LogP contribution in [0.1, 0.15) is 32.6 Å². The standard InChI is InChI=1S/C25H35N5O3S/c1-19(31)27-18-24(32)30-12-5-7-22(30)25(33)26-10-2-3-11-28-13-15-29(16-14-28)21-6-4-8-23-20(21)9-17-34-23/h4,6,8-9,17,22H,2-3,5,7,10-16,18H2,1H3,(H,26,33)(H,27,31)/t22-/m1/s1. The number of fused-ring (bicyclic) bond motifs is 1. The zero-order valence-corrected chi connectivity index (χ0v) is 20.7. The third-order valence-electron chi connectivity index (χ3n) is 6.75. The van der Waals surface area contributed by atoms with Gasteiger partial charge in [-0.1, -0.05) is 6.07 Å². The Kier molecular flexibility index (Phi) is 8.39. The van der Waals surface area contributed by atoms with Gasteiger partial charge < -0.3 is 20.4 Å². The molecule has 3 heterocycles. The van der Waals surface area contributed by atoms with Gasteiger partial charge in [0.2, 0.25) is 17.7 Å². The van der Waals surface area contributed by atoms with Crippen LogP contribution in [0.15, 0.2) is 29.6 Å². The molecule has 2 aliphatic heterocycles. The molecule has 2 N–H and O–H groups in total. The van der Waals surface area contributed by atoms with E-state index in [4.69, 9.17) is 0 Å². The summed E-state index contributed by atoms with van der Waals surface area (Å²) in [5, 5.41) is 9.05. The van der Waals surface area contributed by atoms with Gasteiger partial charge in [0.05, 0.1) is 6.54 Å². The number of hydrogen-bond acceptors (Lipinski definition) is 6. The Morgan fingerprint density at radius 2 is 1.85 bits per heavy atom. The number of nitrogens with one attached hydrogen (secondary N) is 2. The third-order valence-corrected chi connectivity index (χ3v) is 7.63. The Morgan fingerprint density at radius 1 is 1.03 bits per heavy atom. The minimum Gasteiger partial charge on any atom is -0.368 e. The van der Waals surface area contributed by atoms with Crippen LogP contribution in [0.5, 0.6) is 0 Å². The molecule has 0 bridgehead atoms. The second kappa shape index (κ2) is 11.7. The summed E-state index contributed by atoms with van der Waals surface area (Å²) in [4.78, 5) is 42.5. The molecule has 2 aromatic rings. The summed E-state index contributed by atoms with van der Waals surface area (Å²) in [6.07, 6.45) is 3.46. The molecule has 0 aliphatic carbocycles. The maximum absolute atomic E-state index is 12.6. The van der Waals surface area contributed by atoms with Gasteiger partial charge in [-0.2, -0.15) is 0 Å². The molecular weight excluding hydrogens is 450 g/mol. The Hall–Kier alpha value is -2.65. The first-order valence-electron chi connectivity index (χ1n) is 12.3. The summed E-state index contributed by atoms with van der Waals surface area (Å²) in [5.41, 5.74) is 1.35. The summed E-state index contributed by atoms with van der Waals surface area (Å²) >= 11 is 1.79. The van der Waals surface area contributed by atoms with E-state index in [1.54, 1.807) is 16.2 Å². The highest BCUT2D eigenvalue weighted by atomic mass is 32.1. The lowest BCUT2D eigenvalue weighted by atomic mass is 10.1. The van der Waals surface area contributed by atoms with Gasteiger partial charge in [-0.25, -0.2) is 0 Å². The van der Waals surface area contributed by atoms with Crippen molar-refractivity contribution in [2.24, 2.45) is 0 Å². The molecule has 0 unspecified atom stereocenters. The number of anilines is 1. The molecule has 4 rings (SSSR count). The van der Waals surface area contributed by atoms with E-state index in [-0.39, 0.29) is 24.3 Å². The van der Waals surface area contributed by atoms with Gasteiger partial charge in [0.1, 0.15) is 6.04 Å². The number of unbranched alkanes of at least 4 members (excludes halogenated alkanes) is 1. The fraction of sp³-hybridized carbons (Fsp3) is 0.560. The van der Waals surface area contributed by atoms with Crippen LogP contribution in [0, 0.1) is 0 Å². The van der Waals surface area contributed by atoms with E-state index in [1.165, 1.54) is 22.7 Å². The highest BCUT2D eigenvalue weighted by molar-refractivity contribution is 7.17. The number of hydrogen-bond donors (Lipinski definition) is 2. The average Bonchev–Trinajstić information content (AvgIpc) is 3.52. The van der Waals surface area contributed by atoms with E-state index < -0.39 is 6.04 Å². The molecule has 1 aromatic heterocycles. The number of carbonyl (C=O) groups excluding carboxylic acids is 3. The van der Waals surface area contributed by atoms with Gasteiger partial charge in [-0.05, 0) is 55.8 Å². The van der Waals surface area contributed by atoms with Gasteiger partial charge in [0.25, 0.3) is 0 Å². The van der Waals surface area contributed by atoms with Crippen molar-refractivity contribution in [3.8, 4) is 0 Å². The lowest BCUT2D eigenvalue weighted by Crippen LogP contribution is -2.49. The zero-order chi connectivity index (χ0) is 23.9. The number of amides is 3. The van der Waals surface area contributed by atoms with E-state index in [0.717, 1.165) is 52.0 Å². The van der Waals surface area contributed by atoms with E-state index in [2.05, 4.69) is 50.1 Å². The van der Waals surface area contributed by atoms with Crippen molar-refractivity contribution in [1.82, 2.24) is 20.4 Å². The fourth-order valence-electron chi connectivity index (χ4n) is 4.90.